The molecule has 2 heterocycles. The molecular formula is C16H18FN3O. The van der Waals surface area contributed by atoms with E-state index in [4.69, 9.17) is 4.74 Å². The molecule has 0 unspecified atom stereocenters. The summed E-state index contributed by atoms with van der Waals surface area (Å²) in [4.78, 5) is 6.08. The first-order valence-corrected chi connectivity index (χ1v) is 7.10. The quantitative estimate of drug-likeness (QED) is 0.935. The summed E-state index contributed by atoms with van der Waals surface area (Å²) in [5.41, 5.74) is 1.61. The Morgan fingerprint density at radius 3 is 2.81 bits per heavy atom. The first kappa shape index (κ1) is 13.8. The summed E-state index contributed by atoms with van der Waals surface area (Å²) in [6.45, 7) is 3.82. The van der Waals surface area contributed by atoms with Crippen molar-refractivity contribution in [2.75, 3.05) is 31.1 Å². The van der Waals surface area contributed by atoms with Crippen molar-refractivity contribution in [2.45, 2.75) is 6.61 Å². The number of aromatic nitrogens is 1. The van der Waals surface area contributed by atoms with E-state index in [-0.39, 0.29) is 5.82 Å². The van der Waals surface area contributed by atoms with E-state index in [0.717, 1.165) is 31.7 Å². The third kappa shape index (κ3) is 3.49. The topological polar surface area (TPSA) is 37.4 Å². The van der Waals surface area contributed by atoms with Crippen molar-refractivity contribution in [1.82, 2.24) is 10.3 Å². The highest BCUT2D eigenvalue weighted by atomic mass is 19.1. The Hall–Kier alpha value is -2.14. The van der Waals surface area contributed by atoms with E-state index in [0.29, 0.717) is 18.0 Å². The van der Waals surface area contributed by atoms with Gasteiger partial charge >= 0.3 is 0 Å². The molecule has 5 heteroatoms. The number of halogens is 1. The van der Waals surface area contributed by atoms with Crippen LogP contribution in [0.25, 0.3) is 0 Å². The summed E-state index contributed by atoms with van der Waals surface area (Å²) in [5, 5.41) is 3.26. The van der Waals surface area contributed by atoms with Crippen molar-refractivity contribution in [1.29, 1.82) is 0 Å². The number of anilines is 1. The molecule has 3 rings (SSSR count). The maximum Gasteiger partial charge on any atom is 0.150 e. The van der Waals surface area contributed by atoms with Crippen molar-refractivity contribution in [2.24, 2.45) is 0 Å². The monoisotopic (exact) mass is 287 g/mol. The predicted octanol–water partition coefficient (Wildman–Crippen LogP) is 2.21. The second-order valence-electron chi connectivity index (χ2n) is 5.00. The number of benzene rings is 1. The average molecular weight is 287 g/mol. The molecule has 1 fully saturated rings. The molecule has 0 atom stereocenters. The molecule has 110 valence electrons. The van der Waals surface area contributed by atoms with E-state index in [1.165, 1.54) is 6.07 Å². The molecule has 0 aliphatic carbocycles. The molecule has 1 N–H and O–H groups in total. The number of piperazine rings is 1. The Labute approximate surface area is 123 Å². The van der Waals surface area contributed by atoms with Crippen molar-refractivity contribution in [3.8, 4) is 5.75 Å². The van der Waals surface area contributed by atoms with Crippen LogP contribution in [-0.4, -0.2) is 31.2 Å². The van der Waals surface area contributed by atoms with Crippen LogP contribution in [0.1, 0.15) is 5.56 Å². The van der Waals surface area contributed by atoms with Gasteiger partial charge in [0.2, 0.25) is 0 Å². The minimum Gasteiger partial charge on any atom is -0.489 e. The Balaban J connectivity index is 1.66. The van der Waals surface area contributed by atoms with Crippen LogP contribution in [0.15, 0.2) is 42.7 Å². The third-order valence-corrected chi connectivity index (χ3v) is 3.51. The normalized spacial score (nSPS) is 15.0. The van der Waals surface area contributed by atoms with Crippen molar-refractivity contribution < 1.29 is 9.13 Å². The minimum absolute atomic E-state index is 0.236. The molecule has 1 aliphatic heterocycles. The van der Waals surface area contributed by atoms with Crippen molar-refractivity contribution in [3.05, 3.63) is 54.1 Å². The summed E-state index contributed by atoms with van der Waals surface area (Å²) in [6.07, 6.45) is 3.46. The summed E-state index contributed by atoms with van der Waals surface area (Å²) in [5.74, 6) is 0.302. The fourth-order valence-electron chi connectivity index (χ4n) is 2.39. The number of pyridine rings is 1. The van der Waals surface area contributed by atoms with E-state index in [1.54, 1.807) is 18.5 Å². The van der Waals surface area contributed by atoms with Crippen LogP contribution < -0.4 is 15.0 Å². The molecule has 21 heavy (non-hydrogen) atoms. The molecule has 0 amide bonds. The van der Waals surface area contributed by atoms with E-state index in [2.05, 4.69) is 15.2 Å². The van der Waals surface area contributed by atoms with Crippen LogP contribution >= 0.6 is 0 Å². The molecule has 1 aliphatic rings. The highest BCUT2D eigenvalue weighted by Crippen LogP contribution is 2.25. The van der Waals surface area contributed by atoms with Gasteiger partial charge in [0.1, 0.15) is 18.2 Å². The fraction of sp³-hybridized carbons (Fsp3) is 0.312. The lowest BCUT2D eigenvalue weighted by Crippen LogP contribution is -2.43. The van der Waals surface area contributed by atoms with Gasteiger partial charge in [-0.3, -0.25) is 4.98 Å². The van der Waals surface area contributed by atoms with Crippen LogP contribution in [0.3, 0.4) is 0 Å². The van der Waals surface area contributed by atoms with Gasteiger partial charge in [-0.05, 0) is 18.2 Å². The second-order valence-corrected chi connectivity index (χ2v) is 5.00. The lowest BCUT2D eigenvalue weighted by atomic mass is 10.2. The highest BCUT2D eigenvalue weighted by Gasteiger charge is 2.14. The maximum absolute atomic E-state index is 14.2. The molecule has 0 bridgehead atoms. The SMILES string of the molecule is Fc1cc(OCc2cccnc2)ccc1N1CCNCC1. The van der Waals surface area contributed by atoms with E-state index >= 15 is 0 Å². The lowest BCUT2D eigenvalue weighted by molar-refractivity contribution is 0.304. The van der Waals surface area contributed by atoms with Gasteiger partial charge in [-0.15, -0.1) is 0 Å². The molecule has 4 nitrogen and oxygen atoms in total. The van der Waals surface area contributed by atoms with Gasteiger partial charge in [0, 0.05) is 50.2 Å². The van der Waals surface area contributed by atoms with Crippen LogP contribution in [0, 0.1) is 5.82 Å². The van der Waals surface area contributed by atoms with Gasteiger partial charge < -0.3 is 15.0 Å². The largest absolute Gasteiger partial charge is 0.489 e. The zero-order valence-electron chi connectivity index (χ0n) is 11.8. The highest BCUT2D eigenvalue weighted by molar-refractivity contribution is 5.51. The van der Waals surface area contributed by atoms with Gasteiger partial charge in [-0.25, -0.2) is 4.39 Å². The van der Waals surface area contributed by atoms with Crippen LogP contribution in [0.5, 0.6) is 5.75 Å². The zero-order chi connectivity index (χ0) is 14.5. The van der Waals surface area contributed by atoms with Crippen LogP contribution in [-0.2, 0) is 6.61 Å². The van der Waals surface area contributed by atoms with E-state index < -0.39 is 0 Å². The second kappa shape index (κ2) is 6.54. The smallest absolute Gasteiger partial charge is 0.150 e. The van der Waals surface area contributed by atoms with Gasteiger partial charge in [0.15, 0.2) is 0 Å². The molecule has 2 aromatic rings. The molecule has 1 aromatic heterocycles. The van der Waals surface area contributed by atoms with Crippen molar-refractivity contribution in [3.63, 3.8) is 0 Å². The van der Waals surface area contributed by atoms with Crippen LogP contribution in [0.4, 0.5) is 10.1 Å². The Bertz CT molecular complexity index is 585. The van der Waals surface area contributed by atoms with Gasteiger partial charge in [-0.2, -0.15) is 0 Å². The first-order valence-electron chi connectivity index (χ1n) is 7.10. The molecule has 0 spiro atoms. The lowest BCUT2D eigenvalue weighted by Gasteiger charge is -2.29. The molecule has 0 saturated carbocycles. The zero-order valence-corrected chi connectivity index (χ0v) is 11.8. The molecular weight excluding hydrogens is 269 g/mol. The fourth-order valence-corrected chi connectivity index (χ4v) is 2.39. The maximum atomic E-state index is 14.2. The average Bonchev–Trinajstić information content (AvgIpc) is 2.55. The number of rotatable bonds is 4. The Kier molecular flexibility index (Phi) is 4.31. The number of nitrogens with zero attached hydrogens (tertiary/aromatic N) is 2. The Morgan fingerprint density at radius 1 is 1.24 bits per heavy atom. The van der Waals surface area contributed by atoms with E-state index in [9.17, 15) is 4.39 Å². The predicted molar refractivity (Wildman–Crippen MR) is 80.1 cm³/mol. The third-order valence-electron chi connectivity index (χ3n) is 3.51. The summed E-state index contributed by atoms with van der Waals surface area (Å²) in [6, 6.07) is 8.84. The summed E-state index contributed by atoms with van der Waals surface area (Å²) < 4.78 is 19.8. The number of hydrogen-bond acceptors (Lipinski definition) is 4. The van der Waals surface area contributed by atoms with Crippen molar-refractivity contribution >= 4 is 5.69 Å². The van der Waals surface area contributed by atoms with E-state index in [1.807, 2.05) is 18.2 Å². The van der Waals surface area contributed by atoms with Gasteiger partial charge in [0.25, 0.3) is 0 Å². The number of hydrogen-bond donors (Lipinski definition) is 1. The molecule has 1 aromatic carbocycles. The summed E-state index contributed by atoms with van der Waals surface area (Å²) >= 11 is 0. The standard InChI is InChI=1S/C16H18FN3O/c17-15-10-14(21-12-13-2-1-5-19-11-13)3-4-16(15)20-8-6-18-7-9-20/h1-5,10-11,18H,6-9,12H2. The van der Waals surface area contributed by atoms with Gasteiger partial charge in [-0.1, -0.05) is 6.07 Å². The molecule has 0 radical (unpaired) electrons. The van der Waals surface area contributed by atoms with Gasteiger partial charge in [0.05, 0.1) is 5.69 Å². The Morgan fingerprint density at radius 2 is 2.10 bits per heavy atom. The first-order chi connectivity index (χ1) is 10.3. The number of nitrogens with one attached hydrogen (secondary N) is 1. The van der Waals surface area contributed by atoms with Crippen LogP contribution in [0.2, 0.25) is 0 Å². The minimum atomic E-state index is -0.236. The molecule has 1 saturated heterocycles. The number of ether oxygens (including phenoxy) is 1. The summed E-state index contributed by atoms with van der Waals surface area (Å²) in [7, 11) is 0.